The van der Waals surface area contributed by atoms with Crippen LogP contribution in [0.4, 0.5) is 0 Å². The fourth-order valence-electron chi connectivity index (χ4n) is 2.27. The normalized spacial score (nSPS) is 10.5. The molecule has 0 atom stereocenters. The number of ketones is 1. The quantitative estimate of drug-likeness (QED) is 0.543. The maximum Gasteiger partial charge on any atom is 0.257 e. The zero-order valence-electron chi connectivity index (χ0n) is 15.7. The predicted molar refractivity (Wildman–Crippen MR) is 104 cm³/mol. The maximum absolute atomic E-state index is 12.3. The van der Waals surface area contributed by atoms with Crippen molar-refractivity contribution in [3.63, 3.8) is 0 Å². The van der Waals surface area contributed by atoms with Crippen molar-refractivity contribution in [2.24, 2.45) is 0 Å². The summed E-state index contributed by atoms with van der Waals surface area (Å²) in [6, 6.07) is 12.2. The van der Waals surface area contributed by atoms with Gasteiger partial charge in [0.25, 0.3) is 5.91 Å². The van der Waals surface area contributed by atoms with Crippen LogP contribution in [0, 0.1) is 0 Å². The molecule has 0 unspecified atom stereocenters. The summed E-state index contributed by atoms with van der Waals surface area (Å²) in [5.41, 5.74) is 1.35. The van der Waals surface area contributed by atoms with Crippen LogP contribution in [-0.4, -0.2) is 39.1 Å². The minimum Gasteiger partial charge on any atom is -0.494 e. The molecular formula is C21H23NO5. The van der Waals surface area contributed by atoms with Crippen LogP contribution in [0.25, 0.3) is 6.08 Å². The number of methoxy groups -OCH3 is 1. The number of allylic oxidation sites excluding steroid dienone is 1. The summed E-state index contributed by atoms with van der Waals surface area (Å²) in [6.45, 7) is 2.39. The summed E-state index contributed by atoms with van der Waals surface area (Å²) < 4.78 is 16.1. The van der Waals surface area contributed by atoms with Gasteiger partial charge in [0.2, 0.25) is 0 Å². The van der Waals surface area contributed by atoms with Gasteiger partial charge >= 0.3 is 0 Å². The minimum absolute atomic E-state index is 0.0989. The van der Waals surface area contributed by atoms with Gasteiger partial charge in [0.1, 0.15) is 5.75 Å². The Morgan fingerprint density at radius 3 is 2.41 bits per heavy atom. The molecule has 0 fully saturated rings. The lowest BCUT2D eigenvalue weighted by molar-refractivity contribution is -0.122. The fourth-order valence-corrected chi connectivity index (χ4v) is 2.27. The molecule has 2 aromatic carbocycles. The standard InChI is InChI=1S/C21H23NO5/c1-4-26-17-9-7-16(8-10-17)18(23)11-5-15-6-12-19(20(13-15)25-3)27-14-21(24)22-2/h5-13H,4,14H2,1-3H3,(H,22,24). The number of nitrogens with one attached hydrogen (secondary N) is 1. The highest BCUT2D eigenvalue weighted by atomic mass is 16.5. The SMILES string of the molecule is CCOc1ccc(C(=O)C=Cc2ccc(OCC(=O)NC)c(OC)c2)cc1. The van der Waals surface area contributed by atoms with Gasteiger partial charge in [-0.15, -0.1) is 0 Å². The molecular weight excluding hydrogens is 346 g/mol. The Balaban J connectivity index is 2.07. The van der Waals surface area contributed by atoms with E-state index in [0.29, 0.717) is 23.7 Å². The van der Waals surface area contributed by atoms with Crippen LogP contribution in [0.15, 0.2) is 48.5 Å². The second kappa shape index (κ2) is 10.0. The van der Waals surface area contributed by atoms with Gasteiger partial charge in [-0.3, -0.25) is 9.59 Å². The zero-order valence-corrected chi connectivity index (χ0v) is 15.7. The summed E-state index contributed by atoms with van der Waals surface area (Å²) in [6.07, 6.45) is 3.19. The third-order valence-electron chi connectivity index (χ3n) is 3.70. The van der Waals surface area contributed by atoms with E-state index in [1.165, 1.54) is 20.2 Å². The Kier molecular flexibility index (Phi) is 7.43. The van der Waals surface area contributed by atoms with Gasteiger partial charge in [0.05, 0.1) is 13.7 Å². The molecule has 1 amide bonds. The molecule has 0 aliphatic heterocycles. The lowest BCUT2D eigenvalue weighted by Gasteiger charge is -2.10. The molecule has 0 aliphatic rings. The monoisotopic (exact) mass is 369 g/mol. The van der Waals surface area contributed by atoms with E-state index in [4.69, 9.17) is 14.2 Å². The van der Waals surface area contributed by atoms with Crippen molar-refractivity contribution in [1.82, 2.24) is 5.32 Å². The highest BCUT2D eigenvalue weighted by Crippen LogP contribution is 2.28. The van der Waals surface area contributed by atoms with Crippen molar-refractivity contribution in [1.29, 1.82) is 0 Å². The molecule has 27 heavy (non-hydrogen) atoms. The third kappa shape index (κ3) is 5.88. The lowest BCUT2D eigenvalue weighted by atomic mass is 10.1. The van der Waals surface area contributed by atoms with Gasteiger partial charge in [0, 0.05) is 12.6 Å². The average molecular weight is 369 g/mol. The smallest absolute Gasteiger partial charge is 0.257 e. The van der Waals surface area contributed by atoms with E-state index in [9.17, 15) is 9.59 Å². The molecule has 0 aromatic heterocycles. The molecule has 2 rings (SSSR count). The molecule has 1 N–H and O–H groups in total. The number of likely N-dealkylation sites (N-methyl/N-ethyl adjacent to an activating group) is 1. The first-order valence-electron chi connectivity index (χ1n) is 8.54. The molecule has 0 saturated heterocycles. The van der Waals surface area contributed by atoms with Gasteiger partial charge < -0.3 is 19.5 Å². The van der Waals surface area contributed by atoms with Crippen LogP contribution in [-0.2, 0) is 4.79 Å². The molecule has 0 bridgehead atoms. The average Bonchev–Trinajstić information content (AvgIpc) is 2.71. The summed E-state index contributed by atoms with van der Waals surface area (Å²) in [4.78, 5) is 23.6. The number of hydrogen-bond donors (Lipinski definition) is 1. The van der Waals surface area contributed by atoms with E-state index in [2.05, 4.69) is 5.32 Å². The molecule has 0 saturated carbocycles. The first kappa shape index (κ1) is 20.0. The number of hydrogen-bond acceptors (Lipinski definition) is 5. The van der Waals surface area contributed by atoms with E-state index in [1.54, 1.807) is 48.5 Å². The first-order valence-corrected chi connectivity index (χ1v) is 8.54. The number of carbonyl (C=O) groups excluding carboxylic acids is 2. The largest absolute Gasteiger partial charge is 0.494 e. The summed E-state index contributed by atoms with van der Waals surface area (Å²) >= 11 is 0. The zero-order chi connectivity index (χ0) is 19.6. The number of carbonyl (C=O) groups is 2. The number of ether oxygens (including phenoxy) is 3. The Morgan fingerprint density at radius 1 is 1.04 bits per heavy atom. The fraction of sp³-hybridized carbons (Fsp3) is 0.238. The Morgan fingerprint density at radius 2 is 1.78 bits per heavy atom. The van der Waals surface area contributed by atoms with Gasteiger partial charge in [-0.1, -0.05) is 12.1 Å². The maximum atomic E-state index is 12.3. The molecule has 0 radical (unpaired) electrons. The second-order valence-corrected chi connectivity index (χ2v) is 5.53. The van der Waals surface area contributed by atoms with Gasteiger partial charge in [-0.05, 0) is 55.0 Å². The van der Waals surface area contributed by atoms with E-state index in [-0.39, 0.29) is 18.3 Å². The summed E-state index contributed by atoms with van der Waals surface area (Å²) in [5.74, 6) is 1.32. The van der Waals surface area contributed by atoms with E-state index >= 15 is 0 Å². The van der Waals surface area contributed by atoms with E-state index in [0.717, 1.165) is 11.3 Å². The number of rotatable bonds is 9. The second-order valence-electron chi connectivity index (χ2n) is 5.53. The highest BCUT2D eigenvalue weighted by molar-refractivity contribution is 6.06. The third-order valence-corrected chi connectivity index (χ3v) is 3.70. The minimum atomic E-state index is -0.234. The van der Waals surface area contributed by atoms with E-state index in [1.807, 2.05) is 6.92 Å². The van der Waals surface area contributed by atoms with Crippen LogP contribution in [0.1, 0.15) is 22.8 Å². The van der Waals surface area contributed by atoms with Crippen LogP contribution in [0.2, 0.25) is 0 Å². The molecule has 0 spiro atoms. The molecule has 6 heteroatoms. The van der Waals surface area contributed by atoms with Crippen LogP contribution in [0.3, 0.4) is 0 Å². The molecule has 142 valence electrons. The van der Waals surface area contributed by atoms with Gasteiger partial charge in [-0.25, -0.2) is 0 Å². The Labute approximate surface area is 158 Å². The topological polar surface area (TPSA) is 73.9 Å². The molecule has 0 aliphatic carbocycles. The van der Waals surface area contributed by atoms with Crippen LogP contribution >= 0.6 is 0 Å². The molecule has 0 heterocycles. The van der Waals surface area contributed by atoms with Crippen molar-refractivity contribution < 1.29 is 23.8 Å². The van der Waals surface area contributed by atoms with E-state index < -0.39 is 0 Å². The summed E-state index contributed by atoms with van der Waals surface area (Å²) in [7, 11) is 3.05. The van der Waals surface area contributed by atoms with Crippen LogP contribution in [0.5, 0.6) is 17.2 Å². The number of benzene rings is 2. The van der Waals surface area contributed by atoms with Gasteiger partial charge in [0.15, 0.2) is 23.9 Å². The molecule has 6 nitrogen and oxygen atoms in total. The summed E-state index contributed by atoms with van der Waals surface area (Å²) in [5, 5.41) is 2.48. The van der Waals surface area contributed by atoms with Crippen molar-refractivity contribution in [2.45, 2.75) is 6.92 Å². The van der Waals surface area contributed by atoms with Crippen LogP contribution < -0.4 is 19.5 Å². The molecule has 2 aromatic rings. The van der Waals surface area contributed by atoms with Gasteiger partial charge in [-0.2, -0.15) is 0 Å². The number of amides is 1. The first-order chi connectivity index (χ1) is 13.1. The Bertz CT molecular complexity index is 812. The Hall–Kier alpha value is -3.28. The highest BCUT2D eigenvalue weighted by Gasteiger charge is 2.08. The lowest BCUT2D eigenvalue weighted by Crippen LogP contribution is -2.24. The predicted octanol–water partition coefficient (Wildman–Crippen LogP) is 3.11. The van der Waals surface area contributed by atoms with Crippen molar-refractivity contribution in [3.05, 3.63) is 59.7 Å². The van der Waals surface area contributed by atoms with Crippen molar-refractivity contribution in [2.75, 3.05) is 27.4 Å². The van der Waals surface area contributed by atoms with Crippen molar-refractivity contribution in [3.8, 4) is 17.2 Å². The van der Waals surface area contributed by atoms with Crippen molar-refractivity contribution >= 4 is 17.8 Å².